The molecule has 0 bridgehead atoms. The summed E-state index contributed by atoms with van der Waals surface area (Å²) >= 11 is 0. The summed E-state index contributed by atoms with van der Waals surface area (Å²) < 4.78 is 19.1. The van der Waals surface area contributed by atoms with E-state index in [-0.39, 0.29) is 11.7 Å². The number of allylic oxidation sites excluding steroid dienone is 1. The average Bonchev–Trinajstić information content (AvgIpc) is 3.03. The van der Waals surface area contributed by atoms with Crippen LogP contribution in [0.25, 0.3) is 11.6 Å². The number of nitrogens with zero attached hydrogens (tertiary/aromatic N) is 2. The van der Waals surface area contributed by atoms with Gasteiger partial charge >= 0.3 is 0 Å². The highest BCUT2D eigenvalue weighted by Crippen LogP contribution is 2.31. The maximum atomic E-state index is 13.8. The largest absolute Gasteiger partial charge is 0.496 e. The van der Waals surface area contributed by atoms with Crippen LogP contribution in [0.1, 0.15) is 36.0 Å². The summed E-state index contributed by atoms with van der Waals surface area (Å²) in [4.78, 5) is 19.0. The summed E-state index contributed by atoms with van der Waals surface area (Å²) in [6.07, 6.45) is 10.4. The van der Waals surface area contributed by atoms with Gasteiger partial charge in [0.2, 0.25) is 5.91 Å². The van der Waals surface area contributed by atoms with Crippen molar-refractivity contribution >= 4 is 23.4 Å². The number of carbonyl (C=O) groups excluding carboxylic acids is 1. The van der Waals surface area contributed by atoms with E-state index in [2.05, 4.69) is 29.0 Å². The highest BCUT2D eigenvalue weighted by molar-refractivity contribution is 5.92. The first-order chi connectivity index (χ1) is 15.0. The Bertz CT molecular complexity index is 1070. The van der Waals surface area contributed by atoms with E-state index in [1.807, 2.05) is 11.0 Å². The second kappa shape index (κ2) is 9.16. The Hall–Kier alpha value is -3.41. The van der Waals surface area contributed by atoms with E-state index in [0.717, 1.165) is 46.6 Å². The summed E-state index contributed by atoms with van der Waals surface area (Å²) in [5, 5.41) is 3.20. The van der Waals surface area contributed by atoms with Crippen molar-refractivity contribution in [2.24, 2.45) is 0 Å². The molecular formula is C25H26FN3O2. The molecule has 0 spiro atoms. The van der Waals surface area contributed by atoms with Gasteiger partial charge in [0.25, 0.3) is 0 Å². The molecule has 0 aliphatic carbocycles. The number of carbonyl (C=O) groups is 1. The molecule has 2 aliphatic rings. The molecule has 4 rings (SSSR count). The molecule has 1 aromatic carbocycles. The number of aromatic nitrogens is 1. The van der Waals surface area contributed by atoms with E-state index in [0.29, 0.717) is 31.7 Å². The Morgan fingerprint density at radius 3 is 2.97 bits per heavy atom. The number of methoxy groups -OCH3 is 1. The number of rotatable bonds is 4. The van der Waals surface area contributed by atoms with Gasteiger partial charge in [-0.25, -0.2) is 9.37 Å². The van der Waals surface area contributed by atoms with Crippen molar-refractivity contribution in [3.8, 4) is 5.75 Å². The van der Waals surface area contributed by atoms with Crippen LogP contribution in [0.4, 0.5) is 10.2 Å². The maximum Gasteiger partial charge on any atom is 0.246 e. The summed E-state index contributed by atoms with van der Waals surface area (Å²) in [7, 11) is 1.58. The van der Waals surface area contributed by atoms with Crippen molar-refractivity contribution < 1.29 is 13.9 Å². The molecule has 160 valence electrons. The van der Waals surface area contributed by atoms with Crippen LogP contribution in [0.15, 0.2) is 54.9 Å². The van der Waals surface area contributed by atoms with Gasteiger partial charge in [-0.15, -0.1) is 0 Å². The predicted molar refractivity (Wildman–Crippen MR) is 121 cm³/mol. The minimum Gasteiger partial charge on any atom is -0.496 e. The van der Waals surface area contributed by atoms with E-state index in [4.69, 9.17) is 4.74 Å². The Balaban J connectivity index is 1.41. The number of ether oxygens (including phenoxy) is 1. The summed E-state index contributed by atoms with van der Waals surface area (Å²) in [5.74, 6) is 1.16. The second-order valence-corrected chi connectivity index (χ2v) is 7.78. The molecule has 0 atom stereocenters. The zero-order valence-corrected chi connectivity index (χ0v) is 17.7. The minimum absolute atomic E-state index is 0.0370. The molecule has 0 saturated carbocycles. The van der Waals surface area contributed by atoms with Crippen LogP contribution in [0.5, 0.6) is 5.75 Å². The molecule has 2 aromatic rings. The van der Waals surface area contributed by atoms with Gasteiger partial charge in [0.15, 0.2) is 0 Å². The molecule has 0 unspecified atom stereocenters. The Kier molecular flexibility index (Phi) is 6.16. The third kappa shape index (κ3) is 4.85. The highest BCUT2D eigenvalue weighted by atomic mass is 19.1. The molecule has 31 heavy (non-hydrogen) atoms. The lowest BCUT2D eigenvalue weighted by molar-refractivity contribution is -0.125. The number of hydrogen-bond acceptors (Lipinski definition) is 4. The monoisotopic (exact) mass is 419 g/mol. The molecular weight excluding hydrogens is 393 g/mol. The average molecular weight is 420 g/mol. The number of benzene rings is 1. The Labute approximate surface area is 181 Å². The number of nitrogens with one attached hydrogen (secondary N) is 1. The number of hydrogen-bond donors (Lipinski definition) is 1. The Morgan fingerprint density at radius 2 is 2.13 bits per heavy atom. The number of anilines is 1. The van der Waals surface area contributed by atoms with Crippen LogP contribution in [0.3, 0.4) is 0 Å². The molecule has 0 fully saturated rings. The van der Waals surface area contributed by atoms with Gasteiger partial charge in [-0.05, 0) is 72.7 Å². The van der Waals surface area contributed by atoms with Gasteiger partial charge in [-0.3, -0.25) is 4.79 Å². The van der Waals surface area contributed by atoms with Gasteiger partial charge in [0.05, 0.1) is 7.11 Å². The lowest BCUT2D eigenvalue weighted by Crippen LogP contribution is -2.30. The first kappa shape index (κ1) is 20.8. The molecule has 1 N–H and O–H groups in total. The molecule has 5 nitrogen and oxygen atoms in total. The van der Waals surface area contributed by atoms with E-state index in [1.54, 1.807) is 25.4 Å². The standard InChI is InChI=1S/C25H26FN3O2/c1-17-5-7-20-14-18(16-27-25(20)28-17)6-10-24(30)29-12-3-4-19(11-13-29)22-15-21(26)8-9-23(22)31-2/h4,6,8-10,14-16H,1,3,5,7,11-13H2,2H3,(H,27,28)/b10-6+. The summed E-state index contributed by atoms with van der Waals surface area (Å²) in [6, 6.07) is 6.58. The fourth-order valence-electron chi connectivity index (χ4n) is 3.97. The van der Waals surface area contributed by atoms with Gasteiger partial charge in [0.1, 0.15) is 17.4 Å². The zero-order chi connectivity index (χ0) is 21.8. The van der Waals surface area contributed by atoms with Crippen LogP contribution in [-0.2, 0) is 11.2 Å². The van der Waals surface area contributed by atoms with Crippen LogP contribution in [0.2, 0.25) is 0 Å². The number of fused-ring (bicyclic) bond motifs is 1. The fraction of sp³-hybridized carbons (Fsp3) is 0.280. The smallest absolute Gasteiger partial charge is 0.246 e. The second-order valence-electron chi connectivity index (χ2n) is 7.78. The number of aryl methyl sites for hydroxylation is 1. The first-order valence-corrected chi connectivity index (χ1v) is 10.5. The SMILES string of the molecule is C=C1CCc2cc(/C=C/C(=O)N3CCC=C(c4cc(F)ccc4OC)CC3)cnc2N1. The molecule has 3 heterocycles. The number of amides is 1. The van der Waals surface area contributed by atoms with Crippen LogP contribution in [0, 0.1) is 5.82 Å². The summed E-state index contributed by atoms with van der Waals surface area (Å²) in [5.41, 5.74) is 4.77. The quantitative estimate of drug-likeness (QED) is 0.722. The molecule has 6 heteroatoms. The van der Waals surface area contributed by atoms with Crippen molar-refractivity contribution in [1.29, 1.82) is 0 Å². The fourth-order valence-corrected chi connectivity index (χ4v) is 3.97. The maximum absolute atomic E-state index is 13.8. The predicted octanol–water partition coefficient (Wildman–Crippen LogP) is 4.82. The van der Waals surface area contributed by atoms with Crippen molar-refractivity contribution in [2.45, 2.75) is 25.7 Å². The van der Waals surface area contributed by atoms with E-state index in [1.165, 1.54) is 12.1 Å². The lowest BCUT2D eigenvalue weighted by atomic mass is 10.0. The number of halogens is 1. The van der Waals surface area contributed by atoms with Gasteiger partial charge in [0, 0.05) is 36.6 Å². The van der Waals surface area contributed by atoms with E-state index < -0.39 is 0 Å². The molecule has 1 amide bonds. The van der Waals surface area contributed by atoms with Crippen molar-refractivity contribution in [1.82, 2.24) is 9.88 Å². The minimum atomic E-state index is -0.296. The number of pyridine rings is 1. The zero-order valence-electron chi connectivity index (χ0n) is 17.7. The molecule has 2 aliphatic heterocycles. The van der Waals surface area contributed by atoms with E-state index >= 15 is 0 Å². The van der Waals surface area contributed by atoms with Crippen molar-refractivity contribution in [3.63, 3.8) is 0 Å². The first-order valence-electron chi connectivity index (χ1n) is 10.5. The third-order valence-electron chi connectivity index (χ3n) is 5.66. The lowest BCUT2D eigenvalue weighted by Gasteiger charge is -2.20. The van der Waals surface area contributed by atoms with Gasteiger partial charge < -0.3 is 15.0 Å². The molecule has 0 radical (unpaired) electrons. The Morgan fingerprint density at radius 1 is 1.26 bits per heavy atom. The summed E-state index contributed by atoms with van der Waals surface area (Å²) in [6.45, 7) is 5.14. The van der Waals surface area contributed by atoms with Gasteiger partial charge in [-0.1, -0.05) is 12.7 Å². The highest BCUT2D eigenvalue weighted by Gasteiger charge is 2.18. The topological polar surface area (TPSA) is 54.5 Å². The molecule has 0 saturated heterocycles. The van der Waals surface area contributed by atoms with E-state index in [9.17, 15) is 9.18 Å². The van der Waals surface area contributed by atoms with Crippen LogP contribution in [-0.4, -0.2) is 36.0 Å². The van der Waals surface area contributed by atoms with Crippen molar-refractivity contribution in [2.75, 3.05) is 25.5 Å². The van der Waals surface area contributed by atoms with Crippen LogP contribution < -0.4 is 10.1 Å². The normalized spacial score (nSPS) is 16.4. The van der Waals surface area contributed by atoms with Crippen LogP contribution >= 0.6 is 0 Å². The van der Waals surface area contributed by atoms with Crippen molar-refractivity contribution in [3.05, 3.63) is 77.4 Å². The van der Waals surface area contributed by atoms with Gasteiger partial charge in [-0.2, -0.15) is 0 Å². The molecule has 1 aromatic heterocycles. The third-order valence-corrected chi connectivity index (χ3v) is 5.66.